The van der Waals surface area contributed by atoms with Crippen molar-refractivity contribution in [3.8, 4) is 0 Å². The Kier molecular flexibility index (Phi) is 26.9. The Balaban J connectivity index is 0. The first-order valence-corrected chi connectivity index (χ1v) is 25.8. The smallest absolute Gasteiger partial charge is 0.287 e. The zero-order chi connectivity index (χ0) is 45.9. The summed E-state index contributed by atoms with van der Waals surface area (Å²) in [5.74, 6) is 1.43. The van der Waals surface area contributed by atoms with Crippen molar-refractivity contribution in [3.05, 3.63) is 50.6 Å². The van der Waals surface area contributed by atoms with E-state index in [1.165, 1.54) is 24.3 Å². The number of hydrogen-bond acceptors (Lipinski definition) is 14. The molecule has 18 heteroatoms. The van der Waals surface area contributed by atoms with Gasteiger partial charge in [-0.05, 0) is 105 Å². The van der Waals surface area contributed by atoms with Crippen LogP contribution >= 0.6 is 31.3 Å². The van der Waals surface area contributed by atoms with Crippen molar-refractivity contribution >= 4 is 31.3 Å². The van der Waals surface area contributed by atoms with E-state index in [2.05, 4.69) is 26.3 Å². The van der Waals surface area contributed by atoms with E-state index >= 15 is 0 Å². The first kappa shape index (κ1) is 59.6. The molecule has 0 saturated carbocycles. The molecule has 0 aromatic carbocycles. The lowest BCUT2D eigenvalue weighted by Crippen LogP contribution is -2.29. The highest BCUT2D eigenvalue weighted by molar-refractivity contribution is 7.62. The maximum atomic E-state index is 13.6. The SMILES string of the molecule is C=CC(C)(C)OP(=O)(OC(C)(C)C=C)OP(=O)(OC(C)(C)C=C)OC(C)(C)C=C.CC(C)CCOP(=O)(OCCC(C)C)OP(=O)(OCCC(C)C)OCCC(C)C. The normalized spacial score (nSPS) is 13.9. The van der Waals surface area contributed by atoms with Gasteiger partial charge in [-0.1, -0.05) is 79.7 Å². The average molecular weight is 909 g/mol. The van der Waals surface area contributed by atoms with E-state index < -0.39 is 53.7 Å². The zero-order valence-electron chi connectivity index (χ0n) is 38.6. The molecule has 344 valence electrons. The standard InChI is InChI=1S/C20H44O7P2.C20H36O7P2/c1-17(2)9-13-23-28(21,24-14-10-18(3)4)27-29(22,25-15-11-19(5)6)26-16-12-20(7)8;1-13-17(5,6)23-28(21,24-18(7,8)14-2)27-29(22,25-19(9,10)15-3)26-20(11,12)16-4/h17-20H,9-16H2,1-8H3;13-16H,1-4H2,5-12H3. The van der Waals surface area contributed by atoms with E-state index in [0.717, 1.165) is 0 Å². The monoisotopic (exact) mass is 908 g/mol. The third-order valence-corrected chi connectivity index (χ3v) is 15.5. The summed E-state index contributed by atoms with van der Waals surface area (Å²) in [6.07, 6.45) is 8.31. The molecule has 0 aliphatic heterocycles. The summed E-state index contributed by atoms with van der Waals surface area (Å²) in [5, 5.41) is 0. The van der Waals surface area contributed by atoms with Gasteiger partial charge in [-0.2, -0.15) is 8.62 Å². The van der Waals surface area contributed by atoms with Gasteiger partial charge in [-0.3, -0.25) is 36.2 Å². The number of rotatable bonds is 32. The predicted octanol–water partition coefficient (Wildman–Crippen LogP) is 14.6. The molecule has 0 rings (SSSR count). The molecule has 0 unspecified atom stereocenters. The maximum absolute atomic E-state index is 13.6. The van der Waals surface area contributed by atoms with Crippen LogP contribution in [0.15, 0.2) is 50.6 Å². The lowest BCUT2D eigenvalue weighted by molar-refractivity contribution is 0.0109. The molecule has 0 radical (unpaired) electrons. The molecular formula is C40H80O14P4. The number of phosphoric ester groups is 4. The quantitative estimate of drug-likeness (QED) is 0.0463. The summed E-state index contributed by atoms with van der Waals surface area (Å²) >= 11 is 0. The van der Waals surface area contributed by atoms with E-state index in [4.69, 9.17) is 44.8 Å². The summed E-state index contributed by atoms with van der Waals surface area (Å²) in [5.41, 5.74) is -4.56. The minimum atomic E-state index is -4.53. The van der Waals surface area contributed by atoms with E-state index in [9.17, 15) is 18.3 Å². The van der Waals surface area contributed by atoms with Crippen LogP contribution in [0, 0.1) is 23.7 Å². The molecular weight excluding hydrogens is 828 g/mol. The summed E-state index contributed by atoms with van der Waals surface area (Å²) in [6.45, 7) is 44.2. The molecule has 0 heterocycles. The van der Waals surface area contributed by atoms with Gasteiger partial charge in [0.05, 0.1) is 48.8 Å². The third kappa shape index (κ3) is 28.9. The van der Waals surface area contributed by atoms with Gasteiger partial charge < -0.3 is 0 Å². The van der Waals surface area contributed by atoms with Gasteiger partial charge in [0.15, 0.2) is 0 Å². The summed E-state index contributed by atoms with van der Waals surface area (Å²) < 4.78 is 108. The Hall–Kier alpha value is -0.520. The van der Waals surface area contributed by atoms with Crippen LogP contribution in [-0.4, -0.2) is 48.8 Å². The van der Waals surface area contributed by atoms with Gasteiger partial charge in [0.2, 0.25) is 0 Å². The summed E-state index contributed by atoms with van der Waals surface area (Å²) in [6, 6.07) is 0. The fourth-order valence-corrected chi connectivity index (χ4v) is 10.8. The predicted molar refractivity (Wildman–Crippen MR) is 236 cm³/mol. The van der Waals surface area contributed by atoms with E-state index in [1.807, 2.05) is 55.4 Å². The Bertz CT molecular complexity index is 1240. The molecule has 0 aliphatic carbocycles. The number of phosphoric acid groups is 4. The van der Waals surface area contributed by atoms with Gasteiger partial charge in [-0.15, -0.1) is 26.3 Å². The fraction of sp³-hybridized carbons (Fsp3) is 0.800. The van der Waals surface area contributed by atoms with E-state index in [-0.39, 0.29) is 26.4 Å². The van der Waals surface area contributed by atoms with Crippen LogP contribution in [0.4, 0.5) is 0 Å². The van der Waals surface area contributed by atoms with Crippen molar-refractivity contribution in [2.24, 2.45) is 23.7 Å². The van der Waals surface area contributed by atoms with Crippen LogP contribution in [0.1, 0.15) is 136 Å². The third-order valence-electron chi connectivity index (χ3n) is 7.53. The minimum absolute atomic E-state index is 0.175. The molecule has 0 amide bonds. The summed E-state index contributed by atoms with van der Waals surface area (Å²) in [4.78, 5) is 0. The van der Waals surface area contributed by atoms with Gasteiger partial charge in [0.25, 0.3) is 0 Å². The van der Waals surface area contributed by atoms with Gasteiger partial charge >= 0.3 is 31.3 Å². The zero-order valence-corrected chi connectivity index (χ0v) is 42.2. The summed E-state index contributed by atoms with van der Waals surface area (Å²) in [7, 11) is -17.3. The molecule has 0 bridgehead atoms. The van der Waals surface area contributed by atoms with Crippen LogP contribution in [0.3, 0.4) is 0 Å². The Morgan fingerprint density at radius 2 is 0.552 bits per heavy atom. The molecule has 0 aromatic heterocycles. The molecule has 0 N–H and O–H groups in total. The lowest BCUT2D eigenvalue weighted by Gasteiger charge is -2.36. The molecule has 0 aliphatic rings. The van der Waals surface area contributed by atoms with Gasteiger partial charge in [0.1, 0.15) is 0 Å². The van der Waals surface area contributed by atoms with Crippen molar-refractivity contribution in [2.45, 2.75) is 159 Å². The molecule has 0 saturated heterocycles. The second kappa shape index (κ2) is 26.2. The van der Waals surface area contributed by atoms with Crippen LogP contribution < -0.4 is 0 Å². The lowest BCUT2D eigenvalue weighted by atomic mass is 10.1. The molecule has 0 spiro atoms. The topological polar surface area (TPSA) is 161 Å². The van der Waals surface area contributed by atoms with Crippen molar-refractivity contribution in [1.82, 2.24) is 0 Å². The Labute approximate surface area is 353 Å². The van der Waals surface area contributed by atoms with Crippen molar-refractivity contribution < 1.29 is 63.1 Å². The fourth-order valence-electron chi connectivity index (χ4n) is 3.42. The van der Waals surface area contributed by atoms with Crippen molar-refractivity contribution in [1.29, 1.82) is 0 Å². The first-order valence-electron chi connectivity index (χ1n) is 19.9. The van der Waals surface area contributed by atoms with Gasteiger partial charge in [0, 0.05) is 0 Å². The second-order valence-corrected chi connectivity index (χ2v) is 24.3. The largest absolute Gasteiger partial charge is 0.485 e. The van der Waals surface area contributed by atoms with Crippen LogP contribution in [0.25, 0.3) is 0 Å². The first-order chi connectivity index (χ1) is 26.2. The molecule has 14 nitrogen and oxygen atoms in total. The molecule has 0 fully saturated rings. The molecule has 0 atom stereocenters. The highest BCUT2D eigenvalue weighted by Gasteiger charge is 2.50. The van der Waals surface area contributed by atoms with Crippen molar-refractivity contribution in [2.75, 3.05) is 26.4 Å². The molecule has 0 aromatic rings. The maximum Gasteiger partial charge on any atom is 0.485 e. The van der Waals surface area contributed by atoms with E-state index in [0.29, 0.717) is 49.4 Å². The van der Waals surface area contributed by atoms with Crippen LogP contribution in [-0.2, 0) is 63.1 Å². The van der Waals surface area contributed by atoms with Crippen LogP contribution in [0.5, 0.6) is 0 Å². The molecule has 58 heavy (non-hydrogen) atoms. The number of hydrogen-bond donors (Lipinski definition) is 0. The van der Waals surface area contributed by atoms with Crippen molar-refractivity contribution in [3.63, 3.8) is 0 Å². The minimum Gasteiger partial charge on any atom is -0.287 e. The van der Waals surface area contributed by atoms with Crippen LogP contribution in [0.2, 0.25) is 0 Å². The Morgan fingerprint density at radius 3 is 0.707 bits per heavy atom. The Morgan fingerprint density at radius 1 is 0.379 bits per heavy atom. The average Bonchev–Trinajstić information content (AvgIpc) is 3.02. The highest BCUT2D eigenvalue weighted by Crippen LogP contribution is 2.71. The second-order valence-electron chi connectivity index (χ2n) is 17.6. The highest BCUT2D eigenvalue weighted by atomic mass is 31.3. The van der Waals surface area contributed by atoms with Gasteiger partial charge in [-0.25, -0.2) is 18.3 Å². The van der Waals surface area contributed by atoms with E-state index in [1.54, 1.807) is 55.4 Å².